The fourth-order valence-electron chi connectivity index (χ4n) is 1.62. The molecule has 0 bridgehead atoms. The number of rotatable bonds is 7. The number of nitro benzene ring substituents is 1. The molecule has 1 rings (SSSR count). The Morgan fingerprint density at radius 3 is 2.74 bits per heavy atom. The van der Waals surface area contributed by atoms with Crippen LogP contribution in [0.2, 0.25) is 0 Å². The Morgan fingerprint density at radius 1 is 1.53 bits per heavy atom. The van der Waals surface area contributed by atoms with Crippen molar-refractivity contribution in [1.29, 1.82) is 0 Å². The van der Waals surface area contributed by atoms with Crippen molar-refractivity contribution in [3.05, 3.63) is 39.4 Å². The number of carboxylic acids is 1. The van der Waals surface area contributed by atoms with Crippen LogP contribution in [-0.4, -0.2) is 35.8 Å². The Balaban J connectivity index is 2.97. The van der Waals surface area contributed by atoms with Gasteiger partial charge >= 0.3 is 5.97 Å². The van der Waals surface area contributed by atoms with Crippen molar-refractivity contribution in [2.45, 2.75) is 19.6 Å². The molecular weight excluding hydrogens is 254 g/mol. The van der Waals surface area contributed by atoms with Crippen molar-refractivity contribution in [2.24, 2.45) is 0 Å². The van der Waals surface area contributed by atoms with E-state index >= 15 is 0 Å². The molecule has 0 radical (unpaired) electrons. The minimum Gasteiger partial charge on any atom is -0.477 e. The summed E-state index contributed by atoms with van der Waals surface area (Å²) >= 11 is 0. The molecule has 1 aromatic carbocycles. The van der Waals surface area contributed by atoms with Crippen LogP contribution in [0, 0.1) is 10.1 Å². The Morgan fingerprint density at radius 2 is 2.21 bits per heavy atom. The number of benzene rings is 1. The lowest BCUT2D eigenvalue weighted by molar-refractivity contribution is -0.385. The normalized spacial score (nSPS) is 12.1. The van der Waals surface area contributed by atoms with Gasteiger partial charge in [-0.15, -0.1) is 0 Å². The van der Waals surface area contributed by atoms with Crippen molar-refractivity contribution in [1.82, 2.24) is 0 Å². The monoisotopic (exact) mass is 269 g/mol. The smallest absolute Gasteiger partial charge is 0.343 e. The molecule has 1 atom stereocenters. The second-order valence-corrected chi connectivity index (χ2v) is 3.95. The molecule has 1 N–H and O–H groups in total. The van der Waals surface area contributed by atoms with Gasteiger partial charge in [0.1, 0.15) is 5.56 Å². The van der Waals surface area contributed by atoms with Crippen LogP contribution in [0.4, 0.5) is 5.69 Å². The number of hydrogen-bond donors (Lipinski definition) is 1. The van der Waals surface area contributed by atoms with E-state index in [-0.39, 0.29) is 23.8 Å². The van der Waals surface area contributed by atoms with Gasteiger partial charge in [0, 0.05) is 13.2 Å². The predicted octanol–water partition coefficient (Wildman–Crippen LogP) is 1.84. The lowest BCUT2D eigenvalue weighted by Crippen LogP contribution is -2.16. The summed E-state index contributed by atoms with van der Waals surface area (Å²) in [5.74, 6) is -1.34. The van der Waals surface area contributed by atoms with Crippen LogP contribution in [0.25, 0.3) is 0 Å². The van der Waals surface area contributed by atoms with E-state index in [1.807, 2.05) is 0 Å². The number of nitro groups is 1. The summed E-state index contributed by atoms with van der Waals surface area (Å²) in [6.45, 7) is 2.10. The number of hydrogen-bond acceptors (Lipinski definition) is 5. The number of carboxylic acid groups (broad SMARTS) is 1. The van der Waals surface area contributed by atoms with Crippen molar-refractivity contribution in [3.8, 4) is 0 Å². The van der Waals surface area contributed by atoms with Crippen molar-refractivity contribution < 1.29 is 24.3 Å². The molecule has 104 valence electrons. The molecule has 1 unspecified atom stereocenters. The highest BCUT2D eigenvalue weighted by atomic mass is 16.6. The van der Waals surface area contributed by atoms with Crippen molar-refractivity contribution in [3.63, 3.8) is 0 Å². The highest BCUT2D eigenvalue weighted by molar-refractivity contribution is 5.94. The Labute approximate surface area is 109 Å². The molecule has 7 nitrogen and oxygen atoms in total. The summed E-state index contributed by atoms with van der Waals surface area (Å²) in [5.41, 5.74) is -0.505. The van der Waals surface area contributed by atoms with Gasteiger partial charge in [0.05, 0.1) is 24.2 Å². The maximum Gasteiger partial charge on any atom is 0.343 e. The minimum atomic E-state index is -1.34. The first-order valence-electron chi connectivity index (χ1n) is 5.57. The van der Waals surface area contributed by atoms with E-state index in [0.29, 0.717) is 6.61 Å². The molecule has 0 aromatic heterocycles. The average Bonchev–Trinajstić information content (AvgIpc) is 2.35. The second kappa shape index (κ2) is 6.81. The molecule has 0 fully saturated rings. The van der Waals surface area contributed by atoms with Crippen LogP contribution < -0.4 is 0 Å². The Kier molecular flexibility index (Phi) is 5.40. The molecular formula is C12H15NO6. The maximum absolute atomic E-state index is 11.1. The Bertz CT molecular complexity index is 473. The topological polar surface area (TPSA) is 98.9 Å². The molecule has 0 spiro atoms. The zero-order chi connectivity index (χ0) is 14.4. The van der Waals surface area contributed by atoms with E-state index in [4.69, 9.17) is 14.6 Å². The molecule has 0 saturated carbocycles. The summed E-state index contributed by atoms with van der Waals surface area (Å²) in [6.07, 6.45) is -0.231. The molecule has 7 heteroatoms. The van der Waals surface area contributed by atoms with Gasteiger partial charge in [-0.05, 0) is 12.5 Å². The third-order valence-corrected chi connectivity index (χ3v) is 2.46. The Hall–Kier alpha value is -1.99. The van der Waals surface area contributed by atoms with E-state index in [9.17, 15) is 14.9 Å². The zero-order valence-electron chi connectivity index (χ0n) is 10.7. The summed E-state index contributed by atoms with van der Waals surface area (Å²) in [4.78, 5) is 21.2. The number of ether oxygens (including phenoxy) is 2. The van der Waals surface area contributed by atoms with Gasteiger partial charge in [-0.2, -0.15) is 0 Å². The van der Waals surface area contributed by atoms with Crippen LogP contribution in [-0.2, 0) is 16.1 Å². The van der Waals surface area contributed by atoms with Crippen LogP contribution >= 0.6 is 0 Å². The number of aromatic carboxylic acids is 1. The molecule has 0 aliphatic rings. The third-order valence-electron chi connectivity index (χ3n) is 2.46. The van der Waals surface area contributed by atoms with E-state index in [2.05, 4.69) is 0 Å². The number of carbonyl (C=O) groups is 1. The quantitative estimate of drug-likeness (QED) is 0.599. The fraction of sp³-hybridized carbons (Fsp3) is 0.417. The van der Waals surface area contributed by atoms with Gasteiger partial charge in [-0.25, -0.2) is 4.79 Å². The standard InChI is InChI=1S/C12H15NO6/c1-8(6-18-2)19-7-9-4-3-5-10(13(16)17)11(9)12(14)15/h3-5,8H,6-7H2,1-2H3,(H,14,15). The third kappa shape index (κ3) is 4.01. The average molecular weight is 269 g/mol. The molecule has 0 saturated heterocycles. The second-order valence-electron chi connectivity index (χ2n) is 3.95. The van der Waals surface area contributed by atoms with Crippen LogP contribution in [0.15, 0.2) is 18.2 Å². The van der Waals surface area contributed by atoms with E-state index in [1.165, 1.54) is 19.2 Å². The van der Waals surface area contributed by atoms with E-state index in [1.54, 1.807) is 6.92 Å². The molecule has 0 aliphatic carbocycles. The summed E-state index contributed by atoms with van der Waals surface area (Å²) in [5, 5.41) is 19.9. The molecule has 0 heterocycles. The van der Waals surface area contributed by atoms with Gasteiger partial charge in [-0.3, -0.25) is 10.1 Å². The van der Waals surface area contributed by atoms with Gasteiger partial charge in [0.25, 0.3) is 5.69 Å². The maximum atomic E-state index is 11.1. The number of methoxy groups -OCH3 is 1. The SMILES string of the molecule is COCC(C)OCc1cccc([N+](=O)[O-])c1C(=O)O. The largest absolute Gasteiger partial charge is 0.477 e. The summed E-state index contributed by atoms with van der Waals surface area (Å²) in [6, 6.07) is 4.09. The first-order valence-corrected chi connectivity index (χ1v) is 5.57. The fourth-order valence-corrected chi connectivity index (χ4v) is 1.62. The summed E-state index contributed by atoms with van der Waals surface area (Å²) < 4.78 is 10.3. The predicted molar refractivity (Wildman–Crippen MR) is 66.2 cm³/mol. The lowest BCUT2D eigenvalue weighted by atomic mass is 10.1. The first kappa shape index (κ1) is 15.1. The van der Waals surface area contributed by atoms with Gasteiger partial charge in [0.15, 0.2) is 0 Å². The van der Waals surface area contributed by atoms with E-state index < -0.39 is 16.6 Å². The van der Waals surface area contributed by atoms with Gasteiger partial charge < -0.3 is 14.6 Å². The van der Waals surface area contributed by atoms with Crippen LogP contribution in [0.5, 0.6) is 0 Å². The molecule has 0 aliphatic heterocycles. The molecule has 19 heavy (non-hydrogen) atoms. The molecule has 0 amide bonds. The first-order chi connectivity index (χ1) is 8.97. The van der Waals surface area contributed by atoms with Crippen LogP contribution in [0.1, 0.15) is 22.8 Å². The summed E-state index contributed by atoms with van der Waals surface area (Å²) in [7, 11) is 1.52. The highest BCUT2D eigenvalue weighted by Gasteiger charge is 2.23. The van der Waals surface area contributed by atoms with Gasteiger partial charge in [-0.1, -0.05) is 12.1 Å². The van der Waals surface area contributed by atoms with Crippen molar-refractivity contribution >= 4 is 11.7 Å². The van der Waals surface area contributed by atoms with Crippen molar-refractivity contribution in [2.75, 3.05) is 13.7 Å². The lowest BCUT2D eigenvalue weighted by Gasteiger charge is -2.13. The minimum absolute atomic E-state index is 0.0200. The van der Waals surface area contributed by atoms with E-state index in [0.717, 1.165) is 6.07 Å². The van der Waals surface area contributed by atoms with Crippen LogP contribution in [0.3, 0.4) is 0 Å². The highest BCUT2D eigenvalue weighted by Crippen LogP contribution is 2.23. The zero-order valence-corrected chi connectivity index (χ0v) is 10.7. The van der Waals surface area contributed by atoms with Gasteiger partial charge in [0.2, 0.25) is 0 Å². The molecule has 1 aromatic rings. The number of nitrogens with zero attached hydrogens (tertiary/aromatic N) is 1.